The van der Waals surface area contributed by atoms with Crippen molar-refractivity contribution in [1.29, 1.82) is 0 Å². The number of aromatic nitrogens is 2. The highest BCUT2D eigenvalue weighted by Gasteiger charge is 2.30. The molecule has 0 radical (unpaired) electrons. The van der Waals surface area contributed by atoms with Gasteiger partial charge < -0.3 is 4.90 Å². The van der Waals surface area contributed by atoms with Crippen LogP contribution in [0.2, 0.25) is 0 Å². The number of piperazine rings is 1. The first-order chi connectivity index (χ1) is 12.8. The Morgan fingerprint density at radius 2 is 1.81 bits per heavy atom. The quantitative estimate of drug-likeness (QED) is 0.775. The predicted octanol–water partition coefficient (Wildman–Crippen LogP) is 1.50. The van der Waals surface area contributed by atoms with E-state index < -0.39 is 10.0 Å². The van der Waals surface area contributed by atoms with Gasteiger partial charge in [-0.05, 0) is 49.1 Å². The Morgan fingerprint density at radius 3 is 2.41 bits per heavy atom. The molecule has 1 aliphatic heterocycles. The van der Waals surface area contributed by atoms with Gasteiger partial charge in [-0.15, -0.1) is 0 Å². The summed E-state index contributed by atoms with van der Waals surface area (Å²) in [4.78, 5) is 14.5. The molecule has 7 nitrogen and oxygen atoms in total. The highest BCUT2D eigenvalue weighted by Crippen LogP contribution is 2.20. The smallest absolute Gasteiger partial charge is 0.243 e. The van der Waals surface area contributed by atoms with E-state index in [1.165, 1.54) is 4.31 Å². The molecule has 1 amide bonds. The molecule has 2 heterocycles. The van der Waals surface area contributed by atoms with Crippen LogP contribution in [0.4, 0.5) is 0 Å². The minimum Gasteiger partial charge on any atom is -0.340 e. The van der Waals surface area contributed by atoms with Crippen molar-refractivity contribution in [3.63, 3.8) is 0 Å². The average Bonchev–Trinajstić information content (AvgIpc) is 3.07. The number of aryl methyl sites for hydroxylation is 4. The maximum Gasteiger partial charge on any atom is 0.243 e. The lowest BCUT2D eigenvalue weighted by Gasteiger charge is -2.34. The van der Waals surface area contributed by atoms with Gasteiger partial charge in [-0.25, -0.2) is 8.42 Å². The standard InChI is InChI=1S/C19H26N4O3S/c1-15-4-6-18(12-16(15)2)27(25,26)23-10-8-22(9-11-23)19(24)7-5-17-13-20-21(3)14-17/h4,6,12-14H,5,7-11H2,1-3H3. The van der Waals surface area contributed by atoms with Gasteiger partial charge in [0.25, 0.3) is 0 Å². The Labute approximate surface area is 160 Å². The first kappa shape index (κ1) is 19.6. The van der Waals surface area contributed by atoms with Crippen LogP contribution in [0, 0.1) is 13.8 Å². The SMILES string of the molecule is Cc1ccc(S(=O)(=O)N2CCN(C(=O)CCc3cnn(C)c3)CC2)cc1C. The molecule has 0 bridgehead atoms. The molecule has 0 atom stereocenters. The summed E-state index contributed by atoms with van der Waals surface area (Å²) in [5.41, 5.74) is 3.06. The summed E-state index contributed by atoms with van der Waals surface area (Å²) in [6.07, 6.45) is 4.73. The van der Waals surface area contributed by atoms with E-state index in [-0.39, 0.29) is 5.91 Å². The summed E-state index contributed by atoms with van der Waals surface area (Å²) >= 11 is 0. The van der Waals surface area contributed by atoms with Gasteiger partial charge in [0.2, 0.25) is 15.9 Å². The third-order valence-corrected chi connectivity index (χ3v) is 6.99. The molecule has 27 heavy (non-hydrogen) atoms. The second-order valence-electron chi connectivity index (χ2n) is 7.05. The number of rotatable bonds is 5. The lowest BCUT2D eigenvalue weighted by atomic mass is 10.1. The van der Waals surface area contributed by atoms with Crippen molar-refractivity contribution in [3.05, 3.63) is 47.3 Å². The lowest BCUT2D eigenvalue weighted by molar-refractivity contribution is -0.132. The molecule has 146 valence electrons. The molecule has 1 saturated heterocycles. The van der Waals surface area contributed by atoms with E-state index in [9.17, 15) is 13.2 Å². The van der Waals surface area contributed by atoms with E-state index in [0.717, 1.165) is 16.7 Å². The fraction of sp³-hybridized carbons (Fsp3) is 0.474. The fourth-order valence-electron chi connectivity index (χ4n) is 3.21. The van der Waals surface area contributed by atoms with Crippen molar-refractivity contribution in [2.75, 3.05) is 26.2 Å². The summed E-state index contributed by atoms with van der Waals surface area (Å²) < 4.78 is 28.9. The second kappa shape index (κ2) is 7.82. The molecule has 2 aromatic rings. The van der Waals surface area contributed by atoms with Gasteiger partial charge in [0.15, 0.2) is 0 Å². The van der Waals surface area contributed by atoms with Gasteiger partial charge in [-0.2, -0.15) is 9.40 Å². The average molecular weight is 391 g/mol. The number of carbonyl (C=O) groups is 1. The molecule has 0 aliphatic carbocycles. The summed E-state index contributed by atoms with van der Waals surface area (Å²) in [5, 5.41) is 4.10. The molecular formula is C19H26N4O3S. The lowest BCUT2D eigenvalue weighted by Crippen LogP contribution is -2.50. The number of benzene rings is 1. The Balaban J connectivity index is 1.57. The Morgan fingerprint density at radius 1 is 1.11 bits per heavy atom. The number of hydrogen-bond donors (Lipinski definition) is 0. The van der Waals surface area contributed by atoms with Crippen molar-refractivity contribution in [2.24, 2.45) is 7.05 Å². The fourth-order valence-corrected chi connectivity index (χ4v) is 4.72. The van der Waals surface area contributed by atoms with Crippen molar-refractivity contribution in [1.82, 2.24) is 19.0 Å². The summed E-state index contributed by atoms with van der Waals surface area (Å²) in [6, 6.07) is 5.21. The minimum absolute atomic E-state index is 0.0575. The number of sulfonamides is 1. The van der Waals surface area contributed by atoms with Crippen LogP contribution in [0.1, 0.15) is 23.1 Å². The minimum atomic E-state index is -3.52. The van der Waals surface area contributed by atoms with E-state index in [1.54, 1.807) is 27.9 Å². The third kappa shape index (κ3) is 4.39. The molecule has 3 rings (SSSR count). The van der Waals surface area contributed by atoms with Crippen LogP contribution in [-0.2, 0) is 28.3 Å². The van der Waals surface area contributed by atoms with Crippen LogP contribution in [0.15, 0.2) is 35.5 Å². The Hall–Kier alpha value is -2.19. The third-order valence-electron chi connectivity index (χ3n) is 5.09. The summed E-state index contributed by atoms with van der Waals surface area (Å²) in [5.74, 6) is 0.0575. The van der Waals surface area contributed by atoms with Gasteiger partial charge in [0.05, 0.1) is 11.1 Å². The zero-order valence-electron chi connectivity index (χ0n) is 16.1. The monoisotopic (exact) mass is 390 g/mol. The largest absolute Gasteiger partial charge is 0.340 e. The van der Waals surface area contributed by atoms with Crippen LogP contribution in [0.25, 0.3) is 0 Å². The molecular weight excluding hydrogens is 364 g/mol. The highest BCUT2D eigenvalue weighted by molar-refractivity contribution is 7.89. The Kier molecular flexibility index (Phi) is 5.67. The van der Waals surface area contributed by atoms with Crippen molar-refractivity contribution < 1.29 is 13.2 Å². The maximum atomic E-state index is 12.9. The van der Waals surface area contributed by atoms with Crippen molar-refractivity contribution in [3.8, 4) is 0 Å². The van der Waals surface area contributed by atoms with E-state index in [0.29, 0.717) is 43.9 Å². The van der Waals surface area contributed by atoms with Crippen LogP contribution in [0.5, 0.6) is 0 Å². The summed E-state index contributed by atoms with van der Waals surface area (Å²) in [7, 11) is -1.67. The van der Waals surface area contributed by atoms with E-state index in [1.807, 2.05) is 33.2 Å². The van der Waals surface area contributed by atoms with Gasteiger partial charge in [0, 0.05) is 45.8 Å². The van der Waals surface area contributed by atoms with Gasteiger partial charge in [0.1, 0.15) is 0 Å². The van der Waals surface area contributed by atoms with Gasteiger partial charge >= 0.3 is 0 Å². The van der Waals surface area contributed by atoms with Crippen molar-refractivity contribution in [2.45, 2.75) is 31.6 Å². The van der Waals surface area contributed by atoms with Crippen LogP contribution < -0.4 is 0 Å². The molecule has 0 unspecified atom stereocenters. The normalized spacial score (nSPS) is 15.9. The van der Waals surface area contributed by atoms with Crippen LogP contribution in [0.3, 0.4) is 0 Å². The second-order valence-corrected chi connectivity index (χ2v) is 8.99. The van der Waals surface area contributed by atoms with E-state index in [2.05, 4.69) is 5.10 Å². The zero-order valence-corrected chi connectivity index (χ0v) is 16.9. The number of carbonyl (C=O) groups excluding carboxylic acids is 1. The molecule has 0 spiro atoms. The van der Waals surface area contributed by atoms with Crippen LogP contribution >= 0.6 is 0 Å². The number of hydrogen-bond acceptors (Lipinski definition) is 4. The van der Waals surface area contributed by atoms with Crippen LogP contribution in [-0.4, -0.2) is 59.5 Å². The van der Waals surface area contributed by atoms with E-state index >= 15 is 0 Å². The maximum absolute atomic E-state index is 12.9. The molecule has 0 saturated carbocycles. The summed E-state index contributed by atoms with van der Waals surface area (Å²) in [6.45, 7) is 5.38. The molecule has 1 aliphatic rings. The number of amides is 1. The van der Waals surface area contributed by atoms with Gasteiger partial charge in [-0.1, -0.05) is 6.07 Å². The van der Waals surface area contributed by atoms with Crippen molar-refractivity contribution >= 4 is 15.9 Å². The molecule has 8 heteroatoms. The molecule has 1 aromatic heterocycles. The zero-order chi connectivity index (χ0) is 19.6. The first-order valence-corrected chi connectivity index (χ1v) is 10.5. The molecule has 1 aromatic carbocycles. The van der Waals surface area contributed by atoms with E-state index in [4.69, 9.17) is 0 Å². The molecule has 1 fully saturated rings. The number of nitrogens with zero attached hydrogens (tertiary/aromatic N) is 4. The molecule has 0 N–H and O–H groups in total. The van der Waals surface area contributed by atoms with Gasteiger partial charge in [-0.3, -0.25) is 9.48 Å². The Bertz CT molecular complexity index is 928. The predicted molar refractivity (Wildman–Crippen MR) is 103 cm³/mol. The highest BCUT2D eigenvalue weighted by atomic mass is 32.2. The topological polar surface area (TPSA) is 75.5 Å². The first-order valence-electron chi connectivity index (χ1n) is 9.10.